The molecule has 0 saturated carbocycles. The molecule has 0 aromatic heterocycles. The monoisotopic (exact) mass is 978 g/mol. The molecule has 0 aromatic rings. The van der Waals surface area contributed by atoms with Gasteiger partial charge in [-0.05, 0) is 65.2 Å². The number of carbonyl (C=O) groups excluding carboxylic acids is 4. The van der Waals surface area contributed by atoms with Gasteiger partial charge in [0.1, 0.15) is 37.6 Å². The summed E-state index contributed by atoms with van der Waals surface area (Å²) in [5.74, 6) is -1.88. The Kier molecular flexibility index (Phi) is 22.6. The van der Waals surface area contributed by atoms with E-state index in [-0.39, 0.29) is 97.8 Å². The highest BCUT2D eigenvalue weighted by atomic mass is 16.7. The predicted molar refractivity (Wildman–Crippen MR) is 244 cm³/mol. The molecule has 4 fully saturated rings. The van der Waals surface area contributed by atoms with E-state index in [0.717, 1.165) is 12.8 Å². The van der Waals surface area contributed by atoms with Crippen molar-refractivity contribution in [2.24, 2.45) is 11.8 Å². The minimum Gasteiger partial charge on any atom is -0.460 e. The van der Waals surface area contributed by atoms with Gasteiger partial charge in [0.25, 0.3) is 0 Å². The summed E-state index contributed by atoms with van der Waals surface area (Å²) in [6.45, 7) is 19.4. The molecule has 19 nitrogen and oxygen atoms in total. The van der Waals surface area contributed by atoms with Gasteiger partial charge in [0, 0.05) is 34.1 Å². The molecule has 69 heavy (non-hydrogen) atoms. The van der Waals surface area contributed by atoms with Crippen molar-refractivity contribution in [3.8, 4) is 0 Å². The first-order chi connectivity index (χ1) is 33.5. The van der Waals surface area contributed by atoms with Gasteiger partial charge in [-0.1, -0.05) is 25.3 Å². The van der Waals surface area contributed by atoms with E-state index < -0.39 is 0 Å². The van der Waals surface area contributed by atoms with Crippen LogP contribution < -0.4 is 0 Å². The van der Waals surface area contributed by atoms with Crippen molar-refractivity contribution in [2.45, 2.75) is 101 Å². The zero-order valence-corrected chi connectivity index (χ0v) is 40.6. The lowest BCUT2D eigenvalue weighted by molar-refractivity contribution is -0.142. The number of allylic oxidation sites excluding steroid dienone is 2. The summed E-state index contributed by atoms with van der Waals surface area (Å²) in [6.07, 6.45) is 7.76. The summed E-state index contributed by atoms with van der Waals surface area (Å²) >= 11 is 0. The molecule has 2 aliphatic carbocycles. The van der Waals surface area contributed by atoms with Crippen molar-refractivity contribution in [3.63, 3.8) is 0 Å². The highest BCUT2D eigenvalue weighted by Crippen LogP contribution is 2.51. The zero-order valence-electron chi connectivity index (χ0n) is 40.6. The number of ether oxygens (including phenoxy) is 15. The third-order valence-corrected chi connectivity index (χ3v) is 13.1. The van der Waals surface area contributed by atoms with Crippen LogP contribution in [-0.4, -0.2) is 192 Å². The molecule has 8 atom stereocenters. The number of hydrogen-bond donors (Lipinski definition) is 0. The quantitative estimate of drug-likeness (QED) is 0.0309. The van der Waals surface area contributed by atoms with E-state index in [1.54, 1.807) is 0 Å². The van der Waals surface area contributed by atoms with E-state index in [9.17, 15) is 19.2 Å². The van der Waals surface area contributed by atoms with Crippen LogP contribution >= 0.6 is 0 Å². The summed E-state index contributed by atoms with van der Waals surface area (Å²) in [7, 11) is 0. The van der Waals surface area contributed by atoms with Crippen molar-refractivity contribution in [3.05, 3.63) is 47.6 Å². The van der Waals surface area contributed by atoms with Crippen molar-refractivity contribution in [2.75, 3.05) is 132 Å². The van der Waals surface area contributed by atoms with Crippen LogP contribution in [0, 0.1) is 11.8 Å². The number of hydrogen-bond acceptors (Lipinski definition) is 19. The standard InChI is InChI=1S/C50H74O19/c1-35-39-11-9-37(7-5-13-49(3)43(68-49)41(39)66-45(35)51)47(53)64-33-31-62-29-27-60-25-23-58-21-19-56-17-15-55-16-18-57-20-22-59-24-26-61-28-30-63-32-34-65-48(54)38-8-6-14-50(4)44(69-50)42-40(12-10-38)36(2)46(52)67-42/h7-8,39-44H,1-2,5-6,9-34H2,3-4H3/b37-7+,38-8+/t39-,40-,41-,42-,43-,44-,49+,50+/m0/s1. The molecule has 4 saturated heterocycles. The Morgan fingerprint density at radius 1 is 0.493 bits per heavy atom. The Bertz CT molecular complexity index is 1640. The van der Waals surface area contributed by atoms with Crippen molar-refractivity contribution in [1.29, 1.82) is 0 Å². The molecule has 0 amide bonds. The van der Waals surface area contributed by atoms with Gasteiger partial charge in [0.2, 0.25) is 0 Å². The fourth-order valence-electron chi connectivity index (χ4n) is 8.92. The Labute approximate surface area is 405 Å². The van der Waals surface area contributed by atoms with E-state index in [2.05, 4.69) is 13.2 Å². The van der Waals surface area contributed by atoms with Gasteiger partial charge in [-0.15, -0.1) is 0 Å². The molecule has 4 aliphatic heterocycles. The molecule has 388 valence electrons. The second-order valence-corrected chi connectivity index (χ2v) is 18.1. The summed E-state index contributed by atoms with van der Waals surface area (Å²) in [5, 5.41) is 0. The first kappa shape index (κ1) is 54.7. The molecule has 4 heterocycles. The van der Waals surface area contributed by atoms with E-state index in [0.29, 0.717) is 167 Å². The molecule has 6 rings (SSSR count). The maximum absolute atomic E-state index is 12.8. The van der Waals surface area contributed by atoms with Gasteiger partial charge >= 0.3 is 23.9 Å². The second-order valence-electron chi connectivity index (χ2n) is 18.1. The molecule has 0 unspecified atom stereocenters. The Morgan fingerprint density at radius 3 is 1.06 bits per heavy atom. The van der Waals surface area contributed by atoms with Crippen LogP contribution in [0.5, 0.6) is 0 Å². The summed E-state index contributed by atoms with van der Waals surface area (Å²) in [6, 6.07) is 0. The second kappa shape index (κ2) is 28.4. The zero-order chi connectivity index (χ0) is 48.9. The predicted octanol–water partition coefficient (Wildman–Crippen LogP) is 3.73. The average molecular weight is 979 g/mol. The Morgan fingerprint density at radius 2 is 0.768 bits per heavy atom. The third kappa shape index (κ3) is 17.3. The van der Waals surface area contributed by atoms with E-state index >= 15 is 0 Å². The number of epoxide rings is 2. The largest absolute Gasteiger partial charge is 0.460 e. The van der Waals surface area contributed by atoms with Crippen LogP contribution in [0.15, 0.2) is 47.6 Å². The molecule has 6 aliphatic rings. The average Bonchev–Trinajstić information content (AvgIpc) is 4.15. The van der Waals surface area contributed by atoms with Gasteiger partial charge in [-0.25, -0.2) is 19.2 Å². The first-order valence-electron chi connectivity index (χ1n) is 24.6. The SMILES string of the molecule is C=C1C(=O)O[C@H]2[C@H]1CC/C(C(=O)OCCOCCOCCOCCOCCOCCOCCOCCOCCOCCOC(=O)/C1=C/CC[C@@]3(C)O[C@H]3[C@H]3OC(=O)C(=C)[C@@H]3CC1)=C\CC[C@@]1(C)O[C@@H]21. The van der Waals surface area contributed by atoms with Gasteiger partial charge in [0.05, 0.1) is 130 Å². The molecule has 0 aromatic carbocycles. The maximum Gasteiger partial charge on any atom is 0.334 e. The van der Waals surface area contributed by atoms with Gasteiger partial charge in [-0.2, -0.15) is 0 Å². The van der Waals surface area contributed by atoms with E-state index in [1.807, 2.05) is 26.0 Å². The lowest BCUT2D eigenvalue weighted by atomic mass is 9.84. The maximum atomic E-state index is 12.8. The van der Waals surface area contributed by atoms with Gasteiger partial charge in [-0.3, -0.25) is 0 Å². The molecule has 0 N–H and O–H groups in total. The molecular formula is C50H74O19. The molecular weight excluding hydrogens is 905 g/mol. The third-order valence-electron chi connectivity index (χ3n) is 13.1. The number of carbonyl (C=O) groups is 4. The lowest BCUT2D eigenvalue weighted by Gasteiger charge is -2.19. The van der Waals surface area contributed by atoms with Crippen LogP contribution in [0.25, 0.3) is 0 Å². The number of esters is 4. The molecule has 0 spiro atoms. The van der Waals surface area contributed by atoms with Crippen LogP contribution in [0.3, 0.4) is 0 Å². The molecule has 19 heteroatoms. The molecule has 0 radical (unpaired) electrons. The smallest absolute Gasteiger partial charge is 0.334 e. The number of rotatable bonds is 32. The minimum atomic E-state index is -0.383. The highest BCUT2D eigenvalue weighted by Gasteiger charge is 2.62. The van der Waals surface area contributed by atoms with Gasteiger partial charge in [0.15, 0.2) is 0 Å². The van der Waals surface area contributed by atoms with E-state index in [4.69, 9.17) is 71.1 Å². The molecule has 0 bridgehead atoms. The first-order valence-corrected chi connectivity index (χ1v) is 24.6. The number of fused-ring (bicyclic) bond motifs is 6. The lowest BCUT2D eigenvalue weighted by Crippen LogP contribution is -2.29. The summed E-state index contributed by atoms with van der Waals surface area (Å²) in [4.78, 5) is 50.0. The fraction of sp³-hybridized carbons (Fsp3) is 0.760. The fourth-order valence-corrected chi connectivity index (χ4v) is 8.92. The Hall–Kier alpha value is -3.60. The minimum absolute atomic E-state index is 0.127. The summed E-state index contributed by atoms with van der Waals surface area (Å²) in [5.41, 5.74) is 1.34. The van der Waals surface area contributed by atoms with Gasteiger partial charge < -0.3 is 71.1 Å². The highest BCUT2D eigenvalue weighted by molar-refractivity contribution is 5.92. The van der Waals surface area contributed by atoms with Crippen molar-refractivity contribution in [1.82, 2.24) is 0 Å². The summed E-state index contributed by atoms with van der Waals surface area (Å²) < 4.78 is 83.7. The normalized spacial score (nSPS) is 30.1. The van der Waals surface area contributed by atoms with Crippen molar-refractivity contribution >= 4 is 23.9 Å². The van der Waals surface area contributed by atoms with Crippen LogP contribution in [0.4, 0.5) is 0 Å². The van der Waals surface area contributed by atoms with E-state index in [1.165, 1.54) is 0 Å². The van der Waals surface area contributed by atoms with Crippen LogP contribution in [-0.2, 0) is 90.2 Å². The van der Waals surface area contributed by atoms with Crippen LogP contribution in [0.1, 0.15) is 65.2 Å². The topological polar surface area (TPSA) is 213 Å². The van der Waals surface area contributed by atoms with Crippen molar-refractivity contribution < 1.29 is 90.2 Å². The van der Waals surface area contributed by atoms with Crippen LogP contribution in [0.2, 0.25) is 0 Å². The Balaban J connectivity index is 0.626.